The zero-order chi connectivity index (χ0) is 23.1. The van der Waals surface area contributed by atoms with Crippen LogP contribution in [0.1, 0.15) is 27.2 Å². The molecule has 0 spiro atoms. The van der Waals surface area contributed by atoms with Crippen LogP contribution in [-0.4, -0.2) is 20.9 Å². The molecular weight excluding hydrogens is 461 g/mol. The van der Waals surface area contributed by atoms with Crippen LogP contribution in [0, 0.1) is 12.7 Å². The molecule has 3 heterocycles. The van der Waals surface area contributed by atoms with Crippen molar-refractivity contribution in [2.75, 3.05) is 11.1 Å². The number of carbonyl (C=O) groups excluding carboxylic acids is 1. The first kappa shape index (κ1) is 21.2. The SMILES string of the molecule is Cc1ccc2c(Cc3ccc(Cl)c(F)c3)nccc2c1NC(=O)c1csc2c(N)ncnc12. The lowest BCUT2D eigenvalue weighted by Crippen LogP contribution is -2.13. The van der Waals surface area contributed by atoms with E-state index in [-0.39, 0.29) is 10.9 Å². The average molecular weight is 478 g/mol. The highest BCUT2D eigenvalue weighted by Gasteiger charge is 2.18. The molecule has 5 aromatic rings. The van der Waals surface area contributed by atoms with Crippen LogP contribution in [0.15, 0.2) is 54.3 Å². The maximum absolute atomic E-state index is 13.9. The number of nitrogen functional groups attached to an aromatic ring is 1. The Bertz CT molecular complexity index is 1550. The fourth-order valence-electron chi connectivity index (χ4n) is 3.79. The minimum Gasteiger partial charge on any atom is -0.382 e. The van der Waals surface area contributed by atoms with Crippen LogP contribution in [0.3, 0.4) is 0 Å². The van der Waals surface area contributed by atoms with Gasteiger partial charge in [-0.3, -0.25) is 9.78 Å². The number of aromatic nitrogens is 3. The standard InChI is InChI=1S/C24H17ClFN5OS/c1-12-2-4-14-15(6-7-28-19(14)9-13-3-5-17(25)18(26)8-13)20(12)31-24(32)16-10-33-22-21(16)29-11-30-23(22)27/h2-8,10-11H,9H2,1H3,(H,31,32)(H2,27,29,30). The minimum absolute atomic E-state index is 0.0817. The number of nitrogens with two attached hydrogens (primary N) is 1. The van der Waals surface area contributed by atoms with Crippen molar-refractivity contribution in [1.29, 1.82) is 0 Å². The average Bonchev–Trinajstić information content (AvgIpc) is 3.24. The Balaban J connectivity index is 1.53. The summed E-state index contributed by atoms with van der Waals surface area (Å²) in [7, 11) is 0. The summed E-state index contributed by atoms with van der Waals surface area (Å²) < 4.78 is 14.6. The number of rotatable bonds is 4. The largest absolute Gasteiger partial charge is 0.382 e. The van der Waals surface area contributed by atoms with Crippen LogP contribution in [-0.2, 0) is 6.42 Å². The number of hydrogen-bond acceptors (Lipinski definition) is 6. The summed E-state index contributed by atoms with van der Waals surface area (Å²) >= 11 is 7.14. The zero-order valence-electron chi connectivity index (χ0n) is 17.4. The number of aryl methyl sites for hydroxylation is 1. The highest BCUT2D eigenvalue weighted by Crippen LogP contribution is 2.32. The van der Waals surface area contributed by atoms with Crippen molar-refractivity contribution in [1.82, 2.24) is 15.0 Å². The number of pyridine rings is 1. The number of thiophene rings is 1. The Kier molecular flexibility index (Phi) is 5.39. The van der Waals surface area contributed by atoms with Crippen molar-refractivity contribution < 1.29 is 9.18 Å². The van der Waals surface area contributed by atoms with Crippen molar-refractivity contribution in [2.45, 2.75) is 13.3 Å². The van der Waals surface area contributed by atoms with Gasteiger partial charge in [-0.25, -0.2) is 14.4 Å². The second-order valence-electron chi connectivity index (χ2n) is 7.58. The first-order valence-corrected chi connectivity index (χ1v) is 11.3. The van der Waals surface area contributed by atoms with Gasteiger partial charge in [0.25, 0.3) is 5.91 Å². The van der Waals surface area contributed by atoms with E-state index in [2.05, 4.69) is 20.3 Å². The Morgan fingerprint density at radius 3 is 2.82 bits per heavy atom. The molecule has 5 rings (SSSR count). The highest BCUT2D eigenvalue weighted by atomic mass is 35.5. The monoisotopic (exact) mass is 477 g/mol. The Morgan fingerprint density at radius 1 is 1.15 bits per heavy atom. The molecule has 6 nitrogen and oxygen atoms in total. The van der Waals surface area contributed by atoms with E-state index in [9.17, 15) is 9.18 Å². The number of nitrogens with zero attached hydrogens (tertiary/aromatic N) is 3. The number of nitrogens with one attached hydrogen (secondary N) is 1. The molecule has 0 unspecified atom stereocenters. The van der Waals surface area contributed by atoms with Gasteiger partial charge in [0.2, 0.25) is 0 Å². The topological polar surface area (TPSA) is 93.8 Å². The first-order chi connectivity index (χ1) is 15.9. The molecule has 0 aliphatic rings. The maximum atomic E-state index is 13.9. The third-order valence-corrected chi connectivity index (χ3v) is 6.75. The summed E-state index contributed by atoms with van der Waals surface area (Å²) in [6.07, 6.45) is 3.46. The van der Waals surface area contributed by atoms with Crippen LogP contribution >= 0.6 is 22.9 Å². The van der Waals surface area contributed by atoms with E-state index in [1.54, 1.807) is 17.6 Å². The molecule has 9 heteroatoms. The second kappa shape index (κ2) is 8.38. The van der Waals surface area contributed by atoms with E-state index in [1.807, 2.05) is 25.1 Å². The van der Waals surface area contributed by atoms with Gasteiger partial charge in [0.1, 0.15) is 18.0 Å². The van der Waals surface area contributed by atoms with Gasteiger partial charge in [0.15, 0.2) is 0 Å². The van der Waals surface area contributed by atoms with Gasteiger partial charge in [-0.2, -0.15) is 0 Å². The summed E-state index contributed by atoms with van der Waals surface area (Å²) in [5.41, 5.74) is 9.98. The van der Waals surface area contributed by atoms with Gasteiger partial charge in [0, 0.05) is 28.8 Å². The summed E-state index contributed by atoms with van der Waals surface area (Å²) in [6.45, 7) is 1.93. The number of halogens is 2. The molecule has 0 fully saturated rings. The lowest BCUT2D eigenvalue weighted by Gasteiger charge is -2.14. The van der Waals surface area contributed by atoms with Crippen molar-refractivity contribution in [3.8, 4) is 0 Å². The summed E-state index contributed by atoms with van der Waals surface area (Å²) in [6, 6.07) is 10.5. The summed E-state index contributed by atoms with van der Waals surface area (Å²) in [5.74, 6) is -0.404. The highest BCUT2D eigenvalue weighted by molar-refractivity contribution is 7.18. The van der Waals surface area contributed by atoms with E-state index in [4.69, 9.17) is 17.3 Å². The molecule has 0 bridgehead atoms. The Hall–Kier alpha value is -3.62. The summed E-state index contributed by atoms with van der Waals surface area (Å²) in [5, 5.41) is 6.56. The summed E-state index contributed by atoms with van der Waals surface area (Å²) in [4.78, 5) is 25.9. The lowest BCUT2D eigenvalue weighted by atomic mass is 10.00. The van der Waals surface area contributed by atoms with Crippen LogP contribution in [0.5, 0.6) is 0 Å². The molecule has 0 radical (unpaired) electrons. The zero-order valence-corrected chi connectivity index (χ0v) is 19.0. The predicted molar refractivity (Wildman–Crippen MR) is 130 cm³/mol. The fraction of sp³-hybridized carbons (Fsp3) is 0.0833. The fourth-order valence-corrected chi connectivity index (χ4v) is 4.81. The van der Waals surface area contributed by atoms with Crippen molar-refractivity contribution >= 4 is 61.3 Å². The first-order valence-electron chi connectivity index (χ1n) is 10.0. The predicted octanol–water partition coefficient (Wildman–Crippen LogP) is 5.77. The lowest BCUT2D eigenvalue weighted by molar-refractivity contribution is 0.102. The van der Waals surface area contributed by atoms with Crippen molar-refractivity contribution in [3.63, 3.8) is 0 Å². The number of anilines is 2. The number of benzene rings is 2. The van der Waals surface area contributed by atoms with Gasteiger partial charge in [-0.15, -0.1) is 11.3 Å². The van der Waals surface area contributed by atoms with Gasteiger partial charge in [0.05, 0.1) is 32.2 Å². The molecule has 164 valence electrons. The normalized spacial score (nSPS) is 11.2. The van der Waals surface area contributed by atoms with E-state index in [1.165, 1.54) is 29.8 Å². The second-order valence-corrected chi connectivity index (χ2v) is 8.86. The van der Waals surface area contributed by atoms with Crippen LogP contribution < -0.4 is 11.1 Å². The van der Waals surface area contributed by atoms with Gasteiger partial charge >= 0.3 is 0 Å². The molecule has 0 aliphatic heterocycles. The Labute approximate surface area is 197 Å². The van der Waals surface area contributed by atoms with Gasteiger partial charge < -0.3 is 11.1 Å². The van der Waals surface area contributed by atoms with E-state index >= 15 is 0 Å². The number of hydrogen-bond donors (Lipinski definition) is 2. The number of carbonyl (C=O) groups is 1. The Morgan fingerprint density at radius 2 is 2.00 bits per heavy atom. The van der Waals surface area contributed by atoms with Crippen molar-refractivity contribution in [3.05, 3.63) is 87.5 Å². The van der Waals surface area contributed by atoms with Crippen LogP contribution in [0.2, 0.25) is 5.02 Å². The van der Waals surface area contributed by atoms with Crippen molar-refractivity contribution in [2.24, 2.45) is 0 Å². The molecule has 1 amide bonds. The van der Waals surface area contributed by atoms with E-state index in [0.29, 0.717) is 33.7 Å². The third-order valence-electron chi connectivity index (χ3n) is 5.46. The quantitative estimate of drug-likeness (QED) is 0.343. The molecule has 0 atom stereocenters. The smallest absolute Gasteiger partial charge is 0.258 e. The minimum atomic E-state index is -0.467. The van der Waals surface area contributed by atoms with Crippen LogP contribution in [0.4, 0.5) is 15.9 Å². The van der Waals surface area contributed by atoms with Crippen LogP contribution in [0.25, 0.3) is 21.0 Å². The molecule has 0 saturated carbocycles. The number of amides is 1. The molecule has 3 aromatic heterocycles. The van der Waals surface area contributed by atoms with Gasteiger partial charge in [-0.1, -0.05) is 29.8 Å². The molecular formula is C24H17ClFN5OS. The molecule has 0 aliphatic carbocycles. The third kappa shape index (κ3) is 3.88. The molecule has 33 heavy (non-hydrogen) atoms. The van der Waals surface area contributed by atoms with Gasteiger partial charge in [-0.05, 0) is 36.2 Å². The van der Waals surface area contributed by atoms with E-state index < -0.39 is 5.82 Å². The molecule has 3 N–H and O–H groups in total. The molecule has 2 aromatic carbocycles. The molecule has 0 saturated heterocycles. The van der Waals surface area contributed by atoms with E-state index in [0.717, 1.165) is 27.6 Å². The number of fused-ring (bicyclic) bond motifs is 2. The maximum Gasteiger partial charge on any atom is 0.258 e.